The third-order valence-electron chi connectivity index (χ3n) is 3.21. The highest BCUT2D eigenvalue weighted by Gasteiger charge is 2.25. The highest BCUT2D eigenvalue weighted by Crippen LogP contribution is 2.19. The van der Waals surface area contributed by atoms with Crippen LogP contribution in [0.5, 0.6) is 0 Å². The van der Waals surface area contributed by atoms with Crippen LogP contribution in [0.25, 0.3) is 0 Å². The number of carbonyl (C=O) groups is 2. The zero-order chi connectivity index (χ0) is 18.3. The van der Waals surface area contributed by atoms with Crippen molar-refractivity contribution < 1.29 is 24.2 Å². The van der Waals surface area contributed by atoms with Crippen molar-refractivity contribution in [2.24, 2.45) is 0 Å². The van der Waals surface area contributed by atoms with Gasteiger partial charge in [0.2, 0.25) is 0 Å². The molecule has 7 nitrogen and oxygen atoms in total. The predicted molar refractivity (Wildman–Crippen MR) is 91.3 cm³/mol. The molecule has 0 heterocycles. The summed E-state index contributed by atoms with van der Waals surface area (Å²) in [4.78, 5) is 25.3. The Morgan fingerprint density at radius 2 is 1.83 bits per heavy atom. The lowest BCUT2D eigenvalue weighted by Gasteiger charge is -2.23. The molecular weight excluding hydrogens is 312 g/mol. The summed E-state index contributed by atoms with van der Waals surface area (Å²) in [6.45, 7) is 6.46. The Morgan fingerprint density at radius 1 is 1.25 bits per heavy atom. The van der Waals surface area contributed by atoms with Crippen LogP contribution in [0.15, 0.2) is 24.3 Å². The zero-order valence-corrected chi connectivity index (χ0v) is 14.8. The van der Waals surface area contributed by atoms with Gasteiger partial charge in [-0.2, -0.15) is 0 Å². The number of carboxylic acid groups (broad SMARTS) is 1. The smallest absolute Gasteiger partial charge is 0.408 e. The molecule has 24 heavy (non-hydrogen) atoms. The van der Waals surface area contributed by atoms with E-state index in [9.17, 15) is 14.7 Å². The molecule has 1 aromatic rings. The van der Waals surface area contributed by atoms with Gasteiger partial charge >= 0.3 is 12.1 Å². The van der Waals surface area contributed by atoms with Gasteiger partial charge in [0, 0.05) is 26.4 Å². The lowest BCUT2D eigenvalue weighted by atomic mass is 10.1. The topological polar surface area (TPSA) is 88.1 Å². The van der Waals surface area contributed by atoms with Crippen LogP contribution < -0.4 is 10.2 Å². The number of ether oxygens (including phenoxy) is 2. The minimum atomic E-state index is -1.17. The third-order valence-corrected chi connectivity index (χ3v) is 3.21. The van der Waals surface area contributed by atoms with Crippen LogP contribution in [0, 0.1) is 0 Å². The number of hydrogen-bond acceptors (Lipinski definition) is 5. The van der Waals surface area contributed by atoms with E-state index in [0.717, 1.165) is 5.69 Å². The summed E-state index contributed by atoms with van der Waals surface area (Å²) in [6, 6.07) is 5.79. The fourth-order valence-corrected chi connectivity index (χ4v) is 1.99. The fraction of sp³-hybridized carbons (Fsp3) is 0.529. The SMILES string of the molecule is COCCN(C)c1ccc(C(NC(=O)OC(C)(C)C)C(=O)O)cc1. The van der Waals surface area contributed by atoms with Gasteiger partial charge in [-0.1, -0.05) is 12.1 Å². The molecule has 0 aliphatic carbocycles. The maximum atomic E-state index is 11.8. The zero-order valence-electron chi connectivity index (χ0n) is 14.8. The molecular formula is C17H26N2O5. The lowest BCUT2D eigenvalue weighted by Crippen LogP contribution is -2.38. The third kappa shape index (κ3) is 6.45. The van der Waals surface area contributed by atoms with Crippen LogP contribution in [-0.2, 0) is 14.3 Å². The standard InChI is InChI=1S/C17H26N2O5/c1-17(2,3)24-16(22)18-14(15(20)21)12-6-8-13(9-7-12)19(4)10-11-23-5/h6-9,14H,10-11H2,1-5H3,(H,18,22)(H,20,21). The average Bonchev–Trinajstić information content (AvgIpc) is 2.48. The van der Waals surface area contributed by atoms with E-state index < -0.39 is 23.7 Å². The Balaban J connectivity index is 2.82. The normalized spacial score (nSPS) is 12.4. The Labute approximate surface area is 142 Å². The Hall–Kier alpha value is -2.28. The maximum absolute atomic E-state index is 11.8. The number of hydrogen-bond donors (Lipinski definition) is 2. The van der Waals surface area contributed by atoms with Crippen molar-refractivity contribution in [3.63, 3.8) is 0 Å². The number of methoxy groups -OCH3 is 1. The van der Waals surface area contributed by atoms with Crippen molar-refractivity contribution in [2.45, 2.75) is 32.4 Å². The summed E-state index contributed by atoms with van der Waals surface area (Å²) in [5, 5.41) is 11.7. The van der Waals surface area contributed by atoms with Crippen LogP contribution in [0.1, 0.15) is 32.4 Å². The van der Waals surface area contributed by atoms with Crippen LogP contribution >= 0.6 is 0 Å². The monoisotopic (exact) mass is 338 g/mol. The number of amides is 1. The van der Waals surface area contributed by atoms with Crippen LogP contribution in [0.4, 0.5) is 10.5 Å². The number of carboxylic acids is 1. The van der Waals surface area contributed by atoms with E-state index in [2.05, 4.69) is 5.32 Å². The summed E-state index contributed by atoms with van der Waals surface area (Å²) in [5.74, 6) is -1.15. The number of carbonyl (C=O) groups excluding carboxylic acids is 1. The number of nitrogens with one attached hydrogen (secondary N) is 1. The lowest BCUT2D eigenvalue weighted by molar-refractivity contribution is -0.139. The Morgan fingerprint density at radius 3 is 2.29 bits per heavy atom. The quantitative estimate of drug-likeness (QED) is 0.794. The molecule has 134 valence electrons. The summed E-state index contributed by atoms with van der Waals surface area (Å²) < 4.78 is 10.1. The van der Waals surface area contributed by atoms with Gasteiger partial charge in [0.15, 0.2) is 6.04 Å². The molecule has 1 unspecified atom stereocenters. The fourth-order valence-electron chi connectivity index (χ4n) is 1.99. The van der Waals surface area contributed by atoms with E-state index in [-0.39, 0.29) is 0 Å². The van der Waals surface area contributed by atoms with E-state index in [1.807, 2.05) is 11.9 Å². The number of nitrogens with zero attached hydrogens (tertiary/aromatic N) is 1. The first-order valence-electron chi connectivity index (χ1n) is 7.66. The molecule has 0 aliphatic rings. The average molecular weight is 338 g/mol. The summed E-state index contributed by atoms with van der Waals surface area (Å²) in [7, 11) is 3.55. The van der Waals surface area contributed by atoms with Crippen LogP contribution in [-0.4, -0.2) is 50.1 Å². The molecule has 1 amide bonds. The molecule has 1 atom stereocenters. The molecule has 1 aromatic carbocycles. The molecule has 7 heteroatoms. The molecule has 0 aromatic heterocycles. The first-order chi connectivity index (χ1) is 11.1. The predicted octanol–water partition coefficient (Wildman–Crippen LogP) is 2.42. The van der Waals surface area contributed by atoms with Gasteiger partial charge in [-0.15, -0.1) is 0 Å². The number of alkyl carbamates (subject to hydrolysis) is 1. The summed E-state index contributed by atoms with van der Waals surface area (Å²) in [5.41, 5.74) is 0.704. The number of benzene rings is 1. The largest absolute Gasteiger partial charge is 0.479 e. The summed E-state index contributed by atoms with van der Waals surface area (Å²) in [6.07, 6.45) is -0.767. The molecule has 1 rings (SSSR count). The van der Waals surface area contributed by atoms with Gasteiger partial charge in [-0.25, -0.2) is 9.59 Å². The number of rotatable bonds is 7. The van der Waals surface area contributed by atoms with Gasteiger partial charge in [0.1, 0.15) is 5.60 Å². The second kappa shape index (κ2) is 8.54. The van der Waals surface area contributed by atoms with Crippen molar-refractivity contribution in [3.05, 3.63) is 29.8 Å². The number of likely N-dealkylation sites (N-methyl/N-ethyl adjacent to an activating group) is 1. The molecule has 2 N–H and O–H groups in total. The number of aliphatic carboxylic acids is 1. The molecule has 0 aliphatic heterocycles. The Bertz CT molecular complexity index is 551. The highest BCUT2D eigenvalue weighted by atomic mass is 16.6. The van der Waals surface area contributed by atoms with Gasteiger partial charge < -0.3 is 24.8 Å². The molecule has 0 bridgehead atoms. The summed E-state index contributed by atoms with van der Waals surface area (Å²) >= 11 is 0. The second-order valence-corrected chi connectivity index (χ2v) is 6.42. The van der Waals surface area contributed by atoms with E-state index in [4.69, 9.17) is 9.47 Å². The first kappa shape index (κ1) is 19.8. The second-order valence-electron chi connectivity index (χ2n) is 6.42. The van der Waals surface area contributed by atoms with Gasteiger partial charge in [-0.05, 0) is 38.5 Å². The van der Waals surface area contributed by atoms with Gasteiger partial charge in [-0.3, -0.25) is 0 Å². The minimum absolute atomic E-state index is 0.470. The molecule has 0 spiro atoms. The van der Waals surface area contributed by atoms with Crippen LogP contribution in [0.3, 0.4) is 0 Å². The van der Waals surface area contributed by atoms with Crippen molar-refractivity contribution >= 4 is 17.7 Å². The highest BCUT2D eigenvalue weighted by molar-refractivity contribution is 5.81. The molecule has 0 fully saturated rings. The molecule has 0 radical (unpaired) electrons. The van der Waals surface area contributed by atoms with Gasteiger partial charge in [0.25, 0.3) is 0 Å². The van der Waals surface area contributed by atoms with Crippen LogP contribution in [0.2, 0.25) is 0 Å². The van der Waals surface area contributed by atoms with E-state index in [1.165, 1.54) is 0 Å². The van der Waals surface area contributed by atoms with E-state index in [0.29, 0.717) is 18.7 Å². The van der Waals surface area contributed by atoms with Gasteiger partial charge in [0.05, 0.1) is 6.61 Å². The molecule has 0 saturated heterocycles. The van der Waals surface area contributed by atoms with Crippen molar-refractivity contribution in [2.75, 3.05) is 32.2 Å². The minimum Gasteiger partial charge on any atom is -0.479 e. The molecule has 0 saturated carbocycles. The maximum Gasteiger partial charge on any atom is 0.408 e. The first-order valence-corrected chi connectivity index (χ1v) is 7.66. The number of anilines is 1. The van der Waals surface area contributed by atoms with Crippen molar-refractivity contribution in [3.8, 4) is 0 Å². The van der Waals surface area contributed by atoms with E-state index in [1.54, 1.807) is 52.1 Å². The van der Waals surface area contributed by atoms with Crippen molar-refractivity contribution in [1.29, 1.82) is 0 Å². The van der Waals surface area contributed by atoms with Crippen molar-refractivity contribution in [1.82, 2.24) is 5.32 Å². The van der Waals surface area contributed by atoms with E-state index >= 15 is 0 Å². The Kier molecular flexibility index (Phi) is 7.03.